The maximum atomic E-state index is 12.1. The van der Waals surface area contributed by atoms with Crippen LogP contribution in [-0.2, 0) is 11.4 Å². The molecule has 1 aromatic heterocycles. The molecule has 0 spiro atoms. The molecule has 1 amide bonds. The molecule has 1 aliphatic carbocycles. The summed E-state index contributed by atoms with van der Waals surface area (Å²) in [6, 6.07) is 8.06. The van der Waals surface area contributed by atoms with E-state index in [9.17, 15) is 4.79 Å². The number of hydrogen-bond donors (Lipinski definition) is 1. The van der Waals surface area contributed by atoms with Crippen molar-refractivity contribution < 1.29 is 13.9 Å². The van der Waals surface area contributed by atoms with E-state index in [-0.39, 0.29) is 24.3 Å². The van der Waals surface area contributed by atoms with E-state index in [0.29, 0.717) is 17.0 Å². The van der Waals surface area contributed by atoms with Gasteiger partial charge in [0.25, 0.3) is 11.1 Å². The maximum Gasteiger partial charge on any atom is 0.277 e. The lowest BCUT2D eigenvalue weighted by atomic mass is 9.86. The Morgan fingerprint density at radius 3 is 2.81 bits per heavy atom. The van der Waals surface area contributed by atoms with Gasteiger partial charge in [-0.1, -0.05) is 49.2 Å². The summed E-state index contributed by atoms with van der Waals surface area (Å²) in [4.78, 5) is 12.1. The molecule has 0 unspecified atom stereocenters. The van der Waals surface area contributed by atoms with Crippen molar-refractivity contribution in [2.24, 2.45) is 5.92 Å². The van der Waals surface area contributed by atoms with Crippen molar-refractivity contribution in [1.29, 1.82) is 0 Å². The zero-order chi connectivity index (χ0) is 18.4. The number of amides is 1. The van der Waals surface area contributed by atoms with E-state index in [1.807, 2.05) is 31.2 Å². The fourth-order valence-electron chi connectivity index (χ4n) is 3.04. The maximum absolute atomic E-state index is 12.1. The van der Waals surface area contributed by atoms with Crippen LogP contribution in [0.2, 0.25) is 0 Å². The first-order chi connectivity index (χ1) is 12.6. The van der Waals surface area contributed by atoms with E-state index in [2.05, 4.69) is 22.4 Å². The number of thioether (sulfide) groups is 1. The summed E-state index contributed by atoms with van der Waals surface area (Å²) < 4.78 is 11.1. The number of carbonyl (C=O) groups excluding carboxylic acids is 1. The number of nitrogens with one attached hydrogen (secondary N) is 1. The van der Waals surface area contributed by atoms with Gasteiger partial charge in [-0.15, -0.1) is 10.2 Å². The summed E-state index contributed by atoms with van der Waals surface area (Å²) in [5.41, 5.74) is 1.18. The van der Waals surface area contributed by atoms with Crippen LogP contribution in [0.3, 0.4) is 0 Å². The number of aryl methyl sites for hydroxylation is 1. The number of hydrogen-bond acceptors (Lipinski definition) is 6. The fraction of sp³-hybridized carbons (Fsp3) is 0.526. The van der Waals surface area contributed by atoms with Crippen LogP contribution in [0.15, 0.2) is 33.9 Å². The smallest absolute Gasteiger partial charge is 0.277 e. The van der Waals surface area contributed by atoms with Gasteiger partial charge in [-0.3, -0.25) is 4.79 Å². The standard InChI is InChI=1S/C19H25N3O3S/c1-13-7-9-15(10-8-13)24-11-18-21-22-19(25-18)26-12-17(23)20-16-6-4-3-5-14(16)2/h7-10,14,16H,3-6,11-12H2,1-2H3,(H,20,23)/t14-,16-/m0/s1. The summed E-state index contributed by atoms with van der Waals surface area (Å²) in [6.45, 7) is 4.44. The lowest BCUT2D eigenvalue weighted by Crippen LogP contribution is -2.41. The Morgan fingerprint density at radius 1 is 1.27 bits per heavy atom. The lowest BCUT2D eigenvalue weighted by Gasteiger charge is -2.29. The third-order valence-electron chi connectivity index (χ3n) is 4.62. The molecule has 3 rings (SSSR count). The van der Waals surface area contributed by atoms with Crippen LogP contribution >= 0.6 is 11.8 Å². The van der Waals surface area contributed by atoms with Gasteiger partial charge in [-0.05, 0) is 37.8 Å². The number of nitrogens with zero attached hydrogens (tertiary/aromatic N) is 2. The highest BCUT2D eigenvalue weighted by Crippen LogP contribution is 2.24. The van der Waals surface area contributed by atoms with Crippen molar-refractivity contribution in [2.75, 3.05) is 5.75 Å². The topological polar surface area (TPSA) is 77.2 Å². The van der Waals surface area contributed by atoms with Gasteiger partial charge in [0.1, 0.15) is 5.75 Å². The molecule has 0 aliphatic heterocycles. The highest BCUT2D eigenvalue weighted by molar-refractivity contribution is 7.99. The second-order valence-electron chi connectivity index (χ2n) is 6.79. The number of benzene rings is 1. The molecule has 6 nitrogen and oxygen atoms in total. The predicted molar refractivity (Wildman–Crippen MR) is 100 cm³/mol. The van der Waals surface area contributed by atoms with E-state index < -0.39 is 0 Å². The average molecular weight is 375 g/mol. The summed E-state index contributed by atoms with van der Waals surface area (Å²) in [5, 5.41) is 11.4. The van der Waals surface area contributed by atoms with Crippen LogP contribution in [0.4, 0.5) is 0 Å². The number of ether oxygens (including phenoxy) is 1. The Bertz CT molecular complexity index is 717. The van der Waals surface area contributed by atoms with E-state index in [1.54, 1.807) is 0 Å². The van der Waals surface area contributed by atoms with Gasteiger partial charge in [0, 0.05) is 6.04 Å². The normalized spacial score (nSPS) is 19.9. The van der Waals surface area contributed by atoms with Crippen LogP contribution in [0, 0.1) is 12.8 Å². The van der Waals surface area contributed by atoms with E-state index in [1.165, 1.54) is 36.6 Å². The van der Waals surface area contributed by atoms with Gasteiger partial charge >= 0.3 is 0 Å². The van der Waals surface area contributed by atoms with Gasteiger partial charge < -0.3 is 14.5 Å². The van der Waals surface area contributed by atoms with E-state index >= 15 is 0 Å². The second-order valence-corrected chi connectivity index (χ2v) is 7.71. The highest BCUT2D eigenvalue weighted by Gasteiger charge is 2.23. The minimum Gasteiger partial charge on any atom is -0.484 e. The van der Waals surface area contributed by atoms with Gasteiger partial charge in [-0.25, -0.2) is 0 Å². The molecule has 7 heteroatoms. The van der Waals surface area contributed by atoms with Gasteiger partial charge in [-0.2, -0.15) is 0 Å². The fourth-order valence-corrected chi connectivity index (χ4v) is 3.63. The van der Waals surface area contributed by atoms with Crippen LogP contribution in [0.1, 0.15) is 44.1 Å². The molecule has 1 aliphatic rings. The third kappa shape index (κ3) is 5.49. The Hall–Kier alpha value is -2.02. The molecule has 1 fully saturated rings. The largest absolute Gasteiger partial charge is 0.484 e. The van der Waals surface area contributed by atoms with Crippen molar-refractivity contribution in [3.63, 3.8) is 0 Å². The van der Waals surface area contributed by atoms with Crippen molar-refractivity contribution in [3.05, 3.63) is 35.7 Å². The predicted octanol–water partition coefficient (Wildman–Crippen LogP) is 3.74. The molecule has 1 N–H and O–H groups in total. The summed E-state index contributed by atoms with van der Waals surface area (Å²) in [6.07, 6.45) is 4.71. The number of carbonyl (C=O) groups is 1. The van der Waals surface area contributed by atoms with E-state index in [4.69, 9.17) is 9.15 Å². The van der Waals surface area contributed by atoms with Gasteiger partial charge in [0.05, 0.1) is 5.75 Å². The molecule has 2 aromatic rings. The van der Waals surface area contributed by atoms with Crippen molar-refractivity contribution in [2.45, 2.75) is 57.4 Å². The Morgan fingerprint density at radius 2 is 2.04 bits per heavy atom. The zero-order valence-electron chi connectivity index (χ0n) is 15.2. The lowest BCUT2D eigenvalue weighted by molar-refractivity contribution is -0.119. The average Bonchev–Trinajstić information content (AvgIpc) is 3.09. The molecule has 1 saturated carbocycles. The molecule has 1 aromatic carbocycles. The Labute approximate surface area is 158 Å². The molecule has 0 saturated heterocycles. The summed E-state index contributed by atoms with van der Waals surface area (Å²) >= 11 is 1.25. The molecular weight excluding hydrogens is 350 g/mol. The molecule has 140 valence electrons. The van der Waals surface area contributed by atoms with Crippen molar-refractivity contribution in [1.82, 2.24) is 15.5 Å². The number of aromatic nitrogens is 2. The van der Waals surface area contributed by atoms with Crippen LogP contribution in [0.25, 0.3) is 0 Å². The van der Waals surface area contributed by atoms with Crippen LogP contribution in [-0.4, -0.2) is 27.9 Å². The Kier molecular flexibility index (Phi) is 6.55. The summed E-state index contributed by atoms with van der Waals surface area (Å²) in [7, 11) is 0. The first-order valence-electron chi connectivity index (χ1n) is 9.04. The van der Waals surface area contributed by atoms with Gasteiger partial charge in [0.2, 0.25) is 5.91 Å². The van der Waals surface area contributed by atoms with Crippen LogP contribution < -0.4 is 10.1 Å². The van der Waals surface area contributed by atoms with E-state index in [0.717, 1.165) is 12.2 Å². The minimum atomic E-state index is 0.0180. The Balaban J connectivity index is 1.41. The molecule has 0 radical (unpaired) electrons. The molecule has 2 atom stereocenters. The highest BCUT2D eigenvalue weighted by atomic mass is 32.2. The SMILES string of the molecule is Cc1ccc(OCc2nnc(SCC(=O)N[C@H]3CCCC[C@@H]3C)o2)cc1. The number of rotatable bonds is 7. The quantitative estimate of drug-likeness (QED) is 0.743. The second kappa shape index (κ2) is 9.07. The summed E-state index contributed by atoms with van der Waals surface area (Å²) in [5.74, 6) is 2.00. The third-order valence-corrected chi connectivity index (χ3v) is 5.43. The molecule has 0 bridgehead atoms. The molecular formula is C19H25N3O3S. The molecule has 26 heavy (non-hydrogen) atoms. The molecule has 1 heterocycles. The monoisotopic (exact) mass is 375 g/mol. The first kappa shape index (κ1) is 18.8. The minimum absolute atomic E-state index is 0.0180. The zero-order valence-corrected chi connectivity index (χ0v) is 16.1. The first-order valence-corrected chi connectivity index (χ1v) is 10.0. The van der Waals surface area contributed by atoms with Crippen molar-refractivity contribution in [3.8, 4) is 5.75 Å². The van der Waals surface area contributed by atoms with Crippen molar-refractivity contribution >= 4 is 17.7 Å². The van der Waals surface area contributed by atoms with Gasteiger partial charge in [0.15, 0.2) is 6.61 Å². The van der Waals surface area contributed by atoms with Crippen LogP contribution in [0.5, 0.6) is 5.75 Å².